The summed E-state index contributed by atoms with van der Waals surface area (Å²) in [7, 11) is 0. The summed E-state index contributed by atoms with van der Waals surface area (Å²) in [6.45, 7) is -0.565. The summed E-state index contributed by atoms with van der Waals surface area (Å²) in [6.07, 6.45) is -3.31. The van der Waals surface area contributed by atoms with Gasteiger partial charge in [0.1, 0.15) is 0 Å². The van der Waals surface area contributed by atoms with Crippen LogP contribution in [0.1, 0.15) is 6.42 Å². The predicted molar refractivity (Wildman–Crippen MR) is 32.3 cm³/mol. The van der Waals surface area contributed by atoms with Crippen LogP contribution in [0.5, 0.6) is 0 Å². The minimum atomic E-state index is -1.71. The SMILES string of the molecule is O.O=C([O-])[C@@H](O)C[C@H](O)CO.[Na+]. The average Bonchev–Trinajstić information content (AvgIpc) is 1.87. The first-order valence-electron chi connectivity index (χ1n) is 2.75. The van der Waals surface area contributed by atoms with Crippen LogP contribution in [-0.2, 0) is 4.79 Å². The van der Waals surface area contributed by atoms with Crippen molar-refractivity contribution in [3.8, 4) is 0 Å². The van der Waals surface area contributed by atoms with Crippen LogP contribution < -0.4 is 34.7 Å². The van der Waals surface area contributed by atoms with Crippen molar-refractivity contribution in [2.24, 2.45) is 0 Å². The second kappa shape index (κ2) is 9.40. The molecule has 0 saturated carbocycles. The Kier molecular flexibility index (Phi) is 14.2. The fourth-order valence-electron chi connectivity index (χ4n) is 0.428. The van der Waals surface area contributed by atoms with E-state index in [0.717, 1.165) is 0 Å². The maximum Gasteiger partial charge on any atom is 1.00 e. The third-order valence-corrected chi connectivity index (χ3v) is 0.978. The number of aliphatic hydroxyl groups excluding tert-OH is 3. The normalized spacial score (nSPS) is 13.6. The molecule has 0 unspecified atom stereocenters. The summed E-state index contributed by atoms with van der Waals surface area (Å²) in [4.78, 5) is 9.80. The maximum atomic E-state index is 9.80. The van der Waals surface area contributed by atoms with Gasteiger partial charge in [-0.3, -0.25) is 0 Å². The Labute approximate surface area is 91.4 Å². The van der Waals surface area contributed by atoms with E-state index in [4.69, 9.17) is 15.3 Å². The molecule has 0 amide bonds. The molecule has 0 aliphatic heterocycles. The number of carbonyl (C=O) groups excluding carboxylic acids is 1. The quantitative estimate of drug-likeness (QED) is 0.379. The summed E-state index contributed by atoms with van der Waals surface area (Å²) >= 11 is 0. The van der Waals surface area contributed by atoms with Gasteiger partial charge in [-0.25, -0.2) is 0 Å². The molecule has 0 radical (unpaired) electrons. The molecule has 0 aliphatic rings. The fraction of sp³-hybridized carbons (Fsp3) is 0.800. The predicted octanol–water partition coefficient (Wildman–Crippen LogP) is -6.98. The largest absolute Gasteiger partial charge is 1.00 e. The van der Waals surface area contributed by atoms with Crippen molar-refractivity contribution in [2.45, 2.75) is 18.6 Å². The molecule has 6 nitrogen and oxygen atoms in total. The monoisotopic (exact) mass is 190 g/mol. The molecule has 0 fully saturated rings. The molecule has 0 spiro atoms. The number of carboxylic acid groups (broad SMARTS) is 1. The zero-order valence-electron chi connectivity index (χ0n) is 6.73. The summed E-state index contributed by atoms with van der Waals surface area (Å²) < 4.78 is 0. The van der Waals surface area contributed by atoms with Crippen molar-refractivity contribution >= 4 is 5.97 Å². The average molecular weight is 190 g/mol. The Bertz CT molecular complexity index is 119. The third kappa shape index (κ3) is 8.41. The van der Waals surface area contributed by atoms with Gasteiger partial charge in [0, 0.05) is 6.42 Å². The summed E-state index contributed by atoms with van der Waals surface area (Å²) in [5, 5.41) is 35.1. The molecule has 0 saturated heterocycles. The van der Waals surface area contributed by atoms with E-state index >= 15 is 0 Å². The third-order valence-electron chi connectivity index (χ3n) is 0.978. The van der Waals surface area contributed by atoms with Gasteiger partial charge < -0.3 is 30.7 Å². The van der Waals surface area contributed by atoms with E-state index in [9.17, 15) is 9.90 Å². The van der Waals surface area contributed by atoms with Gasteiger partial charge in [-0.15, -0.1) is 0 Å². The molecule has 7 heteroatoms. The van der Waals surface area contributed by atoms with E-state index in [1.807, 2.05) is 0 Å². The van der Waals surface area contributed by atoms with Gasteiger partial charge in [0.25, 0.3) is 0 Å². The van der Waals surface area contributed by atoms with Crippen molar-refractivity contribution in [2.75, 3.05) is 6.61 Å². The van der Waals surface area contributed by atoms with Crippen molar-refractivity contribution in [3.63, 3.8) is 0 Å². The van der Waals surface area contributed by atoms with E-state index in [1.54, 1.807) is 0 Å². The standard InChI is InChI=1S/C5H10O5.Na.H2O/c6-2-3(7)1-4(8)5(9)10;;/h3-4,6-8H,1-2H2,(H,9,10);;1H2/q;+1;/p-1/t3-,4-;;/m0../s1. The zero-order valence-corrected chi connectivity index (χ0v) is 8.73. The molecule has 0 aromatic rings. The molecule has 0 aromatic heterocycles. The van der Waals surface area contributed by atoms with Crippen LogP contribution in [0.25, 0.3) is 0 Å². The summed E-state index contributed by atoms with van der Waals surface area (Å²) in [5.41, 5.74) is 0. The molecule has 0 aromatic carbocycles. The number of aliphatic carboxylic acids is 1. The first-order chi connectivity index (χ1) is 4.57. The van der Waals surface area contributed by atoms with Gasteiger partial charge in [-0.2, -0.15) is 0 Å². The van der Waals surface area contributed by atoms with Crippen molar-refractivity contribution in [1.82, 2.24) is 0 Å². The van der Waals surface area contributed by atoms with E-state index < -0.39 is 31.2 Å². The number of rotatable bonds is 4. The summed E-state index contributed by atoms with van der Waals surface area (Å²) in [5.74, 6) is -1.65. The first kappa shape index (κ1) is 18.2. The van der Waals surface area contributed by atoms with E-state index in [1.165, 1.54) is 0 Å². The fourth-order valence-corrected chi connectivity index (χ4v) is 0.428. The molecule has 0 aliphatic carbocycles. The molecule has 0 rings (SSSR count). The van der Waals surface area contributed by atoms with Crippen molar-refractivity contribution in [3.05, 3.63) is 0 Å². The van der Waals surface area contributed by atoms with Gasteiger partial charge in [0.15, 0.2) is 0 Å². The minimum Gasteiger partial charge on any atom is -0.547 e. The second-order valence-electron chi connectivity index (χ2n) is 1.91. The van der Waals surface area contributed by atoms with Crippen LogP contribution >= 0.6 is 0 Å². The number of carbonyl (C=O) groups is 1. The topological polar surface area (TPSA) is 132 Å². The van der Waals surface area contributed by atoms with Crippen molar-refractivity contribution in [1.29, 1.82) is 0 Å². The van der Waals surface area contributed by atoms with Crippen LogP contribution in [0, 0.1) is 0 Å². The van der Waals surface area contributed by atoms with Crippen LogP contribution in [0.15, 0.2) is 0 Å². The van der Waals surface area contributed by atoms with Gasteiger partial charge in [0.05, 0.1) is 24.8 Å². The molecule has 0 bridgehead atoms. The zero-order chi connectivity index (χ0) is 8.15. The Hall–Kier alpha value is 0.310. The number of aliphatic hydroxyl groups is 3. The van der Waals surface area contributed by atoms with Crippen LogP contribution in [0.2, 0.25) is 0 Å². The molecular formula is C5H11NaO6. The van der Waals surface area contributed by atoms with Crippen molar-refractivity contribution < 1.29 is 60.3 Å². The Morgan fingerprint density at radius 2 is 1.83 bits per heavy atom. The second-order valence-corrected chi connectivity index (χ2v) is 1.91. The maximum absolute atomic E-state index is 9.80. The molecule has 12 heavy (non-hydrogen) atoms. The van der Waals surface area contributed by atoms with E-state index in [-0.39, 0.29) is 35.0 Å². The van der Waals surface area contributed by atoms with Gasteiger partial charge >= 0.3 is 29.6 Å². The number of carboxylic acids is 1. The number of hydrogen-bond donors (Lipinski definition) is 3. The van der Waals surface area contributed by atoms with Crippen LogP contribution in [0.3, 0.4) is 0 Å². The Morgan fingerprint density at radius 1 is 1.42 bits per heavy atom. The molecular weight excluding hydrogens is 179 g/mol. The van der Waals surface area contributed by atoms with Gasteiger partial charge in [-0.05, 0) is 0 Å². The molecule has 68 valence electrons. The Balaban J connectivity index is -0.000000405. The van der Waals surface area contributed by atoms with E-state index in [2.05, 4.69) is 0 Å². The van der Waals surface area contributed by atoms with Gasteiger partial charge in [-0.1, -0.05) is 0 Å². The molecule has 2 atom stereocenters. The minimum absolute atomic E-state index is 0. The van der Waals surface area contributed by atoms with E-state index in [0.29, 0.717) is 0 Å². The molecule has 5 N–H and O–H groups in total. The smallest absolute Gasteiger partial charge is 0.547 e. The Morgan fingerprint density at radius 3 is 2.08 bits per heavy atom. The van der Waals surface area contributed by atoms with Crippen LogP contribution in [0.4, 0.5) is 0 Å². The molecule has 0 heterocycles. The number of hydrogen-bond acceptors (Lipinski definition) is 5. The van der Waals surface area contributed by atoms with Gasteiger partial charge in [0.2, 0.25) is 0 Å². The summed E-state index contributed by atoms with van der Waals surface area (Å²) in [6, 6.07) is 0. The first-order valence-corrected chi connectivity index (χ1v) is 2.75. The van der Waals surface area contributed by atoms with Crippen LogP contribution in [-0.4, -0.2) is 45.6 Å².